The number of urea groups is 1. The van der Waals surface area contributed by atoms with Gasteiger partial charge in [-0.15, -0.1) is 0 Å². The highest BCUT2D eigenvalue weighted by molar-refractivity contribution is 6.01. The van der Waals surface area contributed by atoms with E-state index in [0.29, 0.717) is 11.4 Å². The maximum absolute atomic E-state index is 12.9. The van der Waals surface area contributed by atoms with Crippen LogP contribution in [-0.4, -0.2) is 15.2 Å². The van der Waals surface area contributed by atoms with E-state index in [1.807, 2.05) is 13.0 Å². The van der Waals surface area contributed by atoms with Crippen LogP contribution in [0.4, 0.5) is 20.6 Å². The van der Waals surface area contributed by atoms with E-state index >= 15 is 0 Å². The monoisotopic (exact) mass is 328 g/mol. The molecule has 0 aliphatic carbocycles. The molecule has 24 heavy (non-hydrogen) atoms. The van der Waals surface area contributed by atoms with Gasteiger partial charge in [0.05, 0.1) is 11.0 Å². The van der Waals surface area contributed by atoms with E-state index in [1.165, 1.54) is 28.8 Å². The van der Waals surface area contributed by atoms with Crippen molar-refractivity contribution in [1.82, 2.24) is 9.13 Å². The van der Waals surface area contributed by atoms with Crippen LogP contribution < -0.4 is 16.3 Å². The van der Waals surface area contributed by atoms with Gasteiger partial charge in [0.25, 0.3) is 0 Å². The van der Waals surface area contributed by atoms with Crippen LogP contribution in [0.25, 0.3) is 11.0 Å². The highest BCUT2D eigenvalue weighted by Crippen LogP contribution is 2.22. The summed E-state index contributed by atoms with van der Waals surface area (Å²) in [7, 11) is 3.39. The van der Waals surface area contributed by atoms with Crippen molar-refractivity contribution >= 4 is 28.4 Å². The van der Waals surface area contributed by atoms with Gasteiger partial charge in [-0.1, -0.05) is 0 Å². The lowest BCUT2D eigenvalue weighted by Crippen LogP contribution is -2.20. The lowest BCUT2D eigenvalue weighted by Gasteiger charge is -2.11. The number of fused-ring (bicyclic) bond motifs is 1. The van der Waals surface area contributed by atoms with E-state index in [9.17, 15) is 14.0 Å². The van der Waals surface area contributed by atoms with Crippen LogP contribution in [0.15, 0.2) is 41.2 Å². The van der Waals surface area contributed by atoms with Gasteiger partial charge in [-0.05, 0) is 48.9 Å². The highest BCUT2D eigenvalue weighted by atomic mass is 19.1. The SMILES string of the molecule is Cc1cc2c(cc1NC(=O)Nc1ccc(F)cc1)n(C)c(=O)n2C. The summed E-state index contributed by atoms with van der Waals surface area (Å²) in [6.07, 6.45) is 0. The van der Waals surface area contributed by atoms with Crippen molar-refractivity contribution < 1.29 is 9.18 Å². The minimum Gasteiger partial charge on any atom is -0.308 e. The summed E-state index contributed by atoms with van der Waals surface area (Å²) in [6.45, 7) is 1.85. The molecule has 0 saturated carbocycles. The lowest BCUT2D eigenvalue weighted by molar-refractivity contribution is 0.262. The minimum atomic E-state index is -0.440. The molecule has 0 aliphatic heterocycles. The molecule has 0 radical (unpaired) electrons. The van der Waals surface area contributed by atoms with Gasteiger partial charge in [-0.25, -0.2) is 14.0 Å². The van der Waals surface area contributed by atoms with Crippen LogP contribution in [0.2, 0.25) is 0 Å². The number of nitrogens with one attached hydrogen (secondary N) is 2. The topological polar surface area (TPSA) is 68.1 Å². The van der Waals surface area contributed by atoms with Crippen molar-refractivity contribution in [1.29, 1.82) is 0 Å². The lowest BCUT2D eigenvalue weighted by atomic mass is 10.1. The van der Waals surface area contributed by atoms with E-state index in [4.69, 9.17) is 0 Å². The van der Waals surface area contributed by atoms with Crippen molar-refractivity contribution in [3.8, 4) is 0 Å². The van der Waals surface area contributed by atoms with Crippen molar-refractivity contribution in [2.45, 2.75) is 6.92 Å². The Bertz CT molecular complexity index is 986. The molecule has 7 heteroatoms. The van der Waals surface area contributed by atoms with E-state index < -0.39 is 6.03 Å². The van der Waals surface area contributed by atoms with Gasteiger partial charge >= 0.3 is 11.7 Å². The molecule has 2 aromatic carbocycles. The second kappa shape index (κ2) is 5.84. The predicted octanol–water partition coefficient (Wildman–Crippen LogP) is 2.97. The van der Waals surface area contributed by atoms with Crippen LogP contribution in [0, 0.1) is 12.7 Å². The van der Waals surface area contributed by atoms with E-state index in [2.05, 4.69) is 10.6 Å². The summed E-state index contributed by atoms with van der Waals surface area (Å²) in [5, 5.41) is 5.39. The summed E-state index contributed by atoms with van der Waals surface area (Å²) in [5.41, 5.74) is 3.31. The minimum absolute atomic E-state index is 0.127. The van der Waals surface area contributed by atoms with Crippen LogP contribution in [-0.2, 0) is 14.1 Å². The summed E-state index contributed by atoms with van der Waals surface area (Å²) in [4.78, 5) is 24.1. The highest BCUT2D eigenvalue weighted by Gasteiger charge is 2.12. The molecule has 0 aliphatic rings. The van der Waals surface area contributed by atoms with Crippen LogP contribution in [0.1, 0.15) is 5.56 Å². The number of aromatic nitrogens is 2. The Morgan fingerprint density at radius 3 is 2.21 bits per heavy atom. The van der Waals surface area contributed by atoms with Crippen molar-refractivity contribution in [2.75, 3.05) is 10.6 Å². The number of rotatable bonds is 2. The molecule has 0 saturated heterocycles. The third-order valence-corrected chi connectivity index (χ3v) is 3.97. The van der Waals surface area contributed by atoms with Crippen LogP contribution >= 0.6 is 0 Å². The molecule has 2 amide bonds. The molecule has 0 bridgehead atoms. The molecule has 3 aromatic rings. The molecule has 6 nitrogen and oxygen atoms in total. The molecule has 124 valence electrons. The zero-order valence-corrected chi connectivity index (χ0v) is 13.6. The number of amides is 2. The zero-order valence-electron chi connectivity index (χ0n) is 13.6. The number of hydrogen-bond acceptors (Lipinski definition) is 2. The fourth-order valence-electron chi connectivity index (χ4n) is 2.60. The number of carbonyl (C=O) groups excluding carboxylic acids is 1. The van der Waals surface area contributed by atoms with Gasteiger partial charge in [0.1, 0.15) is 5.82 Å². The van der Waals surface area contributed by atoms with E-state index in [0.717, 1.165) is 16.6 Å². The summed E-state index contributed by atoms with van der Waals surface area (Å²) >= 11 is 0. The second-order valence-electron chi connectivity index (χ2n) is 5.64. The van der Waals surface area contributed by atoms with Gasteiger partial charge in [0.2, 0.25) is 0 Å². The molecule has 0 spiro atoms. The number of imidazole rings is 1. The second-order valence-corrected chi connectivity index (χ2v) is 5.64. The summed E-state index contributed by atoms with van der Waals surface area (Å²) < 4.78 is 16.0. The van der Waals surface area contributed by atoms with Gasteiger partial charge < -0.3 is 10.6 Å². The van der Waals surface area contributed by atoms with Crippen LogP contribution in [0.3, 0.4) is 0 Å². The fourth-order valence-corrected chi connectivity index (χ4v) is 2.60. The third-order valence-electron chi connectivity index (χ3n) is 3.97. The molecule has 1 heterocycles. The molecule has 2 N–H and O–H groups in total. The average molecular weight is 328 g/mol. The Morgan fingerprint density at radius 2 is 1.58 bits per heavy atom. The largest absolute Gasteiger partial charge is 0.328 e. The molecule has 0 fully saturated rings. The van der Waals surface area contributed by atoms with Crippen molar-refractivity contribution in [2.24, 2.45) is 14.1 Å². The predicted molar refractivity (Wildman–Crippen MR) is 91.9 cm³/mol. The third kappa shape index (κ3) is 2.76. The number of nitrogens with zero attached hydrogens (tertiary/aromatic N) is 2. The van der Waals surface area contributed by atoms with Crippen molar-refractivity contribution in [3.63, 3.8) is 0 Å². The number of halogens is 1. The van der Waals surface area contributed by atoms with Gasteiger partial charge in [0.15, 0.2) is 0 Å². The molecular formula is C17H17FN4O2. The summed E-state index contributed by atoms with van der Waals surface area (Å²) in [5.74, 6) is -0.368. The van der Waals surface area contributed by atoms with Crippen molar-refractivity contribution in [3.05, 3.63) is 58.3 Å². The van der Waals surface area contributed by atoms with E-state index in [-0.39, 0.29) is 11.5 Å². The molecule has 3 rings (SSSR count). The van der Waals surface area contributed by atoms with E-state index in [1.54, 1.807) is 24.7 Å². The number of anilines is 2. The zero-order chi connectivity index (χ0) is 17.4. The number of hydrogen-bond donors (Lipinski definition) is 2. The summed E-state index contributed by atoms with van der Waals surface area (Å²) in [6, 6.07) is 8.67. The average Bonchev–Trinajstić information content (AvgIpc) is 2.75. The van der Waals surface area contributed by atoms with Crippen LogP contribution in [0.5, 0.6) is 0 Å². The Morgan fingerprint density at radius 1 is 1.00 bits per heavy atom. The quantitative estimate of drug-likeness (QED) is 0.759. The maximum atomic E-state index is 12.9. The fraction of sp³-hybridized carbons (Fsp3) is 0.176. The smallest absolute Gasteiger partial charge is 0.308 e. The molecule has 0 atom stereocenters. The first-order valence-corrected chi connectivity index (χ1v) is 7.36. The molecule has 0 unspecified atom stereocenters. The Labute approximate surface area is 137 Å². The van der Waals surface area contributed by atoms with Gasteiger partial charge in [-0.3, -0.25) is 9.13 Å². The number of benzene rings is 2. The Hall–Kier alpha value is -3.09. The Kier molecular flexibility index (Phi) is 3.84. The van der Waals surface area contributed by atoms with Gasteiger partial charge in [0, 0.05) is 25.5 Å². The maximum Gasteiger partial charge on any atom is 0.328 e. The van der Waals surface area contributed by atoms with Gasteiger partial charge in [-0.2, -0.15) is 0 Å². The number of aryl methyl sites for hydroxylation is 3. The standard InChI is InChI=1S/C17H17FN4O2/c1-10-8-14-15(22(3)17(24)21(14)2)9-13(10)20-16(23)19-12-6-4-11(18)5-7-12/h4-9H,1-3H3,(H2,19,20,23). The first kappa shape index (κ1) is 15.8. The number of carbonyl (C=O) groups is 1. The molecular weight excluding hydrogens is 311 g/mol. The Balaban J connectivity index is 1.88. The molecule has 1 aromatic heterocycles. The first-order chi connectivity index (χ1) is 11.4. The first-order valence-electron chi connectivity index (χ1n) is 7.36. The normalized spacial score (nSPS) is 10.8.